The van der Waals surface area contributed by atoms with E-state index >= 15 is 0 Å². The SMILES string of the molecule is CCNC(c1ccccc1F)C1CCCC1(C)C. The summed E-state index contributed by atoms with van der Waals surface area (Å²) in [4.78, 5) is 0. The third kappa shape index (κ3) is 2.59. The van der Waals surface area contributed by atoms with Gasteiger partial charge in [-0.1, -0.05) is 45.4 Å². The number of hydrogen-bond donors (Lipinski definition) is 1. The highest BCUT2D eigenvalue weighted by Gasteiger charge is 2.40. The predicted molar refractivity (Wildman–Crippen MR) is 73.9 cm³/mol. The van der Waals surface area contributed by atoms with Crippen molar-refractivity contribution in [3.63, 3.8) is 0 Å². The Balaban J connectivity index is 2.31. The van der Waals surface area contributed by atoms with Crippen molar-refractivity contribution in [2.75, 3.05) is 6.54 Å². The maximum absolute atomic E-state index is 14.0. The van der Waals surface area contributed by atoms with Crippen LogP contribution in [0.5, 0.6) is 0 Å². The van der Waals surface area contributed by atoms with Crippen LogP contribution in [-0.4, -0.2) is 6.54 Å². The van der Waals surface area contributed by atoms with Crippen molar-refractivity contribution in [3.05, 3.63) is 35.6 Å². The van der Waals surface area contributed by atoms with Crippen LogP contribution in [0.1, 0.15) is 51.6 Å². The molecule has 18 heavy (non-hydrogen) atoms. The highest BCUT2D eigenvalue weighted by atomic mass is 19.1. The molecule has 1 aliphatic carbocycles. The first kappa shape index (κ1) is 13.5. The van der Waals surface area contributed by atoms with Crippen molar-refractivity contribution in [1.82, 2.24) is 5.32 Å². The second kappa shape index (κ2) is 5.40. The van der Waals surface area contributed by atoms with Crippen molar-refractivity contribution in [3.8, 4) is 0 Å². The van der Waals surface area contributed by atoms with Crippen LogP contribution in [0.3, 0.4) is 0 Å². The van der Waals surface area contributed by atoms with E-state index in [1.54, 1.807) is 12.1 Å². The number of benzene rings is 1. The highest BCUT2D eigenvalue weighted by molar-refractivity contribution is 5.23. The van der Waals surface area contributed by atoms with Gasteiger partial charge in [0.15, 0.2) is 0 Å². The normalized spacial score (nSPS) is 24.1. The molecular formula is C16H24FN. The smallest absolute Gasteiger partial charge is 0.127 e. The molecule has 2 atom stereocenters. The molecule has 0 spiro atoms. The second-order valence-corrected chi connectivity index (χ2v) is 6.04. The molecule has 1 aliphatic rings. The van der Waals surface area contributed by atoms with Gasteiger partial charge in [0.2, 0.25) is 0 Å². The first-order valence-corrected chi connectivity index (χ1v) is 7.04. The van der Waals surface area contributed by atoms with Crippen LogP contribution in [0.4, 0.5) is 4.39 Å². The molecule has 2 heteroatoms. The van der Waals surface area contributed by atoms with Gasteiger partial charge in [-0.15, -0.1) is 0 Å². The third-order valence-electron chi connectivity index (χ3n) is 4.41. The van der Waals surface area contributed by atoms with Gasteiger partial charge >= 0.3 is 0 Å². The van der Waals surface area contributed by atoms with E-state index in [9.17, 15) is 4.39 Å². The molecule has 1 aromatic carbocycles. The predicted octanol–water partition coefficient (Wildman–Crippen LogP) is 4.30. The molecule has 0 aromatic heterocycles. The number of nitrogens with one attached hydrogen (secondary N) is 1. The van der Waals surface area contributed by atoms with Crippen molar-refractivity contribution < 1.29 is 4.39 Å². The zero-order valence-electron chi connectivity index (χ0n) is 11.7. The first-order chi connectivity index (χ1) is 8.56. The van der Waals surface area contributed by atoms with Gasteiger partial charge in [-0.25, -0.2) is 4.39 Å². The Bertz CT molecular complexity index is 400. The average Bonchev–Trinajstić information content (AvgIpc) is 2.67. The van der Waals surface area contributed by atoms with E-state index in [-0.39, 0.29) is 11.9 Å². The molecule has 0 radical (unpaired) electrons. The number of halogens is 1. The Hall–Kier alpha value is -0.890. The summed E-state index contributed by atoms with van der Waals surface area (Å²) < 4.78 is 14.0. The maximum atomic E-state index is 14.0. The first-order valence-electron chi connectivity index (χ1n) is 7.04. The van der Waals surface area contributed by atoms with Crippen LogP contribution in [-0.2, 0) is 0 Å². The Labute approximate surface area is 110 Å². The minimum absolute atomic E-state index is 0.0776. The summed E-state index contributed by atoms with van der Waals surface area (Å²) in [6.07, 6.45) is 3.70. The quantitative estimate of drug-likeness (QED) is 0.838. The Morgan fingerprint density at radius 2 is 2.11 bits per heavy atom. The molecule has 1 nitrogen and oxygen atoms in total. The molecule has 0 amide bonds. The van der Waals surface area contributed by atoms with Crippen molar-refractivity contribution in [1.29, 1.82) is 0 Å². The minimum atomic E-state index is -0.0776. The van der Waals surface area contributed by atoms with Crippen LogP contribution in [0.2, 0.25) is 0 Å². The molecule has 0 saturated heterocycles. The molecule has 1 saturated carbocycles. The third-order valence-corrected chi connectivity index (χ3v) is 4.41. The number of rotatable bonds is 4. The van der Waals surface area contributed by atoms with Crippen LogP contribution in [0.15, 0.2) is 24.3 Å². The van der Waals surface area contributed by atoms with Gasteiger partial charge in [0.05, 0.1) is 0 Å². The van der Waals surface area contributed by atoms with E-state index in [1.807, 2.05) is 12.1 Å². The Morgan fingerprint density at radius 1 is 1.39 bits per heavy atom. The van der Waals surface area contributed by atoms with Crippen molar-refractivity contribution in [2.24, 2.45) is 11.3 Å². The summed E-state index contributed by atoms with van der Waals surface area (Å²) in [7, 11) is 0. The van der Waals surface area contributed by atoms with Crippen LogP contribution in [0.25, 0.3) is 0 Å². The maximum Gasteiger partial charge on any atom is 0.127 e. The zero-order chi connectivity index (χ0) is 13.2. The molecule has 0 heterocycles. The van der Waals surface area contributed by atoms with Crippen LogP contribution in [0, 0.1) is 17.2 Å². The van der Waals surface area contributed by atoms with Gasteiger partial charge in [-0.2, -0.15) is 0 Å². The standard InChI is InChI=1S/C16H24FN/c1-4-18-15(12-8-5-6-10-14(12)17)13-9-7-11-16(13,2)3/h5-6,8,10,13,15,18H,4,7,9,11H2,1-3H3. The van der Waals surface area contributed by atoms with E-state index in [0.717, 1.165) is 12.1 Å². The minimum Gasteiger partial charge on any atom is -0.310 e. The largest absolute Gasteiger partial charge is 0.310 e. The van der Waals surface area contributed by atoms with E-state index in [1.165, 1.54) is 19.3 Å². The summed E-state index contributed by atoms with van der Waals surface area (Å²) in [5.74, 6) is 0.445. The fraction of sp³-hybridized carbons (Fsp3) is 0.625. The van der Waals surface area contributed by atoms with Crippen LogP contribution < -0.4 is 5.32 Å². The topological polar surface area (TPSA) is 12.0 Å². The molecule has 1 aromatic rings. The van der Waals surface area contributed by atoms with Gasteiger partial charge in [-0.3, -0.25) is 0 Å². The van der Waals surface area contributed by atoms with Crippen molar-refractivity contribution in [2.45, 2.75) is 46.1 Å². The Kier molecular flexibility index (Phi) is 4.06. The summed E-state index contributed by atoms with van der Waals surface area (Å²) >= 11 is 0. The summed E-state index contributed by atoms with van der Waals surface area (Å²) in [5.41, 5.74) is 1.13. The number of hydrogen-bond acceptors (Lipinski definition) is 1. The fourth-order valence-electron chi connectivity index (χ4n) is 3.39. The molecular weight excluding hydrogens is 225 g/mol. The fourth-order valence-corrected chi connectivity index (χ4v) is 3.39. The molecule has 1 N–H and O–H groups in total. The van der Waals surface area contributed by atoms with Gasteiger partial charge in [0.25, 0.3) is 0 Å². The van der Waals surface area contributed by atoms with Crippen LogP contribution >= 0.6 is 0 Å². The molecule has 1 fully saturated rings. The molecule has 2 rings (SSSR count). The second-order valence-electron chi connectivity index (χ2n) is 6.04. The van der Waals surface area contributed by atoms with Gasteiger partial charge < -0.3 is 5.32 Å². The Morgan fingerprint density at radius 3 is 2.67 bits per heavy atom. The lowest BCUT2D eigenvalue weighted by Crippen LogP contribution is -2.34. The van der Waals surface area contributed by atoms with Gasteiger partial charge in [0.1, 0.15) is 5.82 Å². The van der Waals surface area contributed by atoms with E-state index in [0.29, 0.717) is 11.3 Å². The van der Waals surface area contributed by atoms with E-state index in [2.05, 4.69) is 26.1 Å². The lowest BCUT2D eigenvalue weighted by atomic mass is 9.75. The molecule has 2 unspecified atom stereocenters. The lowest BCUT2D eigenvalue weighted by Gasteiger charge is -2.35. The molecule has 100 valence electrons. The lowest BCUT2D eigenvalue weighted by molar-refractivity contribution is 0.196. The van der Waals surface area contributed by atoms with Crippen molar-refractivity contribution >= 4 is 0 Å². The molecule has 0 bridgehead atoms. The summed E-state index contributed by atoms with van der Waals surface area (Å²) in [5, 5.41) is 3.50. The zero-order valence-corrected chi connectivity index (χ0v) is 11.7. The summed E-state index contributed by atoms with van der Waals surface area (Å²) in [6, 6.07) is 7.35. The van der Waals surface area contributed by atoms with Gasteiger partial charge in [0, 0.05) is 11.6 Å². The van der Waals surface area contributed by atoms with Gasteiger partial charge in [-0.05, 0) is 36.8 Å². The summed E-state index contributed by atoms with van der Waals surface area (Å²) in [6.45, 7) is 7.60. The van der Waals surface area contributed by atoms with E-state index in [4.69, 9.17) is 0 Å². The van der Waals surface area contributed by atoms with E-state index < -0.39 is 0 Å². The highest BCUT2D eigenvalue weighted by Crippen LogP contribution is 2.48. The molecule has 0 aliphatic heterocycles. The monoisotopic (exact) mass is 249 g/mol. The average molecular weight is 249 g/mol.